The molecule has 4 amide bonds. The van der Waals surface area contributed by atoms with E-state index in [9.17, 15) is 18.8 Å². The fraction of sp³-hybridized carbons (Fsp3) is 0.316. The van der Waals surface area contributed by atoms with Gasteiger partial charge in [0.2, 0.25) is 5.60 Å². The summed E-state index contributed by atoms with van der Waals surface area (Å²) in [4.78, 5) is 50.5. The van der Waals surface area contributed by atoms with Gasteiger partial charge in [-0.15, -0.1) is 12.6 Å². The first-order chi connectivity index (χ1) is 15.0. The van der Waals surface area contributed by atoms with Gasteiger partial charge in [-0.2, -0.15) is 0 Å². The van der Waals surface area contributed by atoms with Crippen LogP contribution in [0, 0.1) is 5.82 Å². The molecular weight excluding hydrogens is 463 g/mol. The molecule has 3 heterocycles. The summed E-state index contributed by atoms with van der Waals surface area (Å²) in [5.74, 6) is -1.28. The van der Waals surface area contributed by atoms with Crippen molar-refractivity contribution in [1.29, 1.82) is 0 Å². The second kappa shape index (κ2) is 7.78. The van der Waals surface area contributed by atoms with Gasteiger partial charge in [0.15, 0.2) is 5.50 Å². The Morgan fingerprint density at radius 1 is 1.28 bits per heavy atom. The van der Waals surface area contributed by atoms with Crippen LogP contribution in [-0.2, 0) is 4.84 Å². The van der Waals surface area contributed by atoms with E-state index < -0.39 is 34.9 Å². The van der Waals surface area contributed by atoms with Crippen LogP contribution < -0.4 is 4.90 Å². The molecule has 4 rings (SSSR count). The Kier molecular flexibility index (Phi) is 5.37. The Morgan fingerprint density at radius 2 is 1.94 bits per heavy atom. The number of nitrogens with zero attached hydrogens (tertiary/aromatic N) is 6. The van der Waals surface area contributed by atoms with Crippen molar-refractivity contribution in [2.24, 2.45) is 5.16 Å². The number of thiol groups is 1. The van der Waals surface area contributed by atoms with Crippen molar-refractivity contribution in [1.82, 2.24) is 19.4 Å². The molecule has 13 heteroatoms. The van der Waals surface area contributed by atoms with Crippen LogP contribution in [0.25, 0.3) is 0 Å². The Morgan fingerprint density at radius 3 is 2.53 bits per heavy atom. The number of oxime groups is 1. The van der Waals surface area contributed by atoms with Crippen molar-refractivity contribution in [3.05, 3.63) is 47.3 Å². The first-order valence-electron chi connectivity index (χ1n) is 9.34. The molecule has 2 aliphatic heterocycles. The van der Waals surface area contributed by atoms with Crippen LogP contribution in [0.4, 0.5) is 19.7 Å². The van der Waals surface area contributed by atoms with Crippen molar-refractivity contribution in [3.8, 4) is 0 Å². The molecule has 32 heavy (non-hydrogen) atoms. The summed E-state index contributed by atoms with van der Waals surface area (Å²) in [5, 5.41) is 3.97. The highest BCUT2D eigenvalue weighted by atomic mass is 35.5. The number of anilines is 1. The summed E-state index contributed by atoms with van der Waals surface area (Å²) < 4.78 is 16.1. The molecule has 0 spiro atoms. The summed E-state index contributed by atoms with van der Waals surface area (Å²) in [6, 6.07) is 0.703. The molecule has 0 radical (unpaired) electrons. The third-order valence-corrected chi connectivity index (χ3v) is 6.33. The Bertz CT molecular complexity index is 1140. The highest BCUT2D eigenvalue weighted by molar-refractivity contribution is 7.80. The molecule has 1 aromatic carbocycles. The van der Waals surface area contributed by atoms with Gasteiger partial charge in [0.1, 0.15) is 12.1 Å². The number of hydrogen-bond donors (Lipinski definition) is 1. The molecule has 0 bridgehead atoms. The number of imide groups is 1. The molecule has 0 aliphatic carbocycles. The maximum Gasteiger partial charge on any atom is 0.334 e. The maximum absolute atomic E-state index is 14.8. The number of halogens is 2. The molecule has 1 unspecified atom stereocenters. The summed E-state index contributed by atoms with van der Waals surface area (Å²) in [6.07, 6.45) is 4.30. The van der Waals surface area contributed by atoms with E-state index in [1.54, 1.807) is 6.92 Å². The van der Waals surface area contributed by atoms with Gasteiger partial charge >= 0.3 is 12.1 Å². The molecule has 1 aromatic heterocycles. The molecule has 1 atom stereocenters. The first-order valence-corrected chi connectivity index (χ1v) is 10.2. The number of aromatic nitrogens is 2. The highest BCUT2D eigenvalue weighted by Crippen LogP contribution is 2.35. The van der Waals surface area contributed by atoms with Crippen LogP contribution in [0.15, 0.2) is 36.0 Å². The van der Waals surface area contributed by atoms with Crippen molar-refractivity contribution < 1.29 is 23.6 Å². The number of imidazole rings is 1. The lowest BCUT2D eigenvalue weighted by Gasteiger charge is -2.41. The van der Waals surface area contributed by atoms with Gasteiger partial charge in [0.25, 0.3) is 5.91 Å². The molecule has 2 aromatic rings. The van der Waals surface area contributed by atoms with Crippen LogP contribution >= 0.6 is 24.2 Å². The minimum Gasteiger partial charge on any atom is -0.379 e. The molecule has 2 aliphatic rings. The number of carbonyl (C=O) groups excluding carboxylic acids is 3. The second-order valence-electron chi connectivity index (χ2n) is 7.56. The fourth-order valence-electron chi connectivity index (χ4n) is 3.44. The van der Waals surface area contributed by atoms with E-state index >= 15 is 0 Å². The van der Waals surface area contributed by atoms with Gasteiger partial charge in [-0.3, -0.25) is 19.2 Å². The molecule has 168 valence electrons. The van der Waals surface area contributed by atoms with Crippen LogP contribution in [0.1, 0.15) is 23.7 Å². The van der Waals surface area contributed by atoms with Crippen molar-refractivity contribution >= 4 is 53.6 Å². The number of carbonyl (C=O) groups is 3. The van der Waals surface area contributed by atoms with Crippen LogP contribution in [0.5, 0.6) is 0 Å². The smallest absolute Gasteiger partial charge is 0.334 e. The molecule has 0 saturated carbocycles. The van der Waals surface area contributed by atoms with Crippen LogP contribution in [0.2, 0.25) is 5.02 Å². The number of rotatable bonds is 3. The predicted octanol–water partition coefficient (Wildman–Crippen LogP) is 3.04. The topological polar surface area (TPSA) is 100 Å². The van der Waals surface area contributed by atoms with Crippen LogP contribution in [-0.4, -0.2) is 68.2 Å². The van der Waals surface area contributed by atoms with E-state index in [1.165, 1.54) is 53.2 Å². The predicted molar refractivity (Wildman–Crippen MR) is 116 cm³/mol. The van der Waals surface area contributed by atoms with E-state index in [0.717, 1.165) is 6.07 Å². The van der Waals surface area contributed by atoms with Crippen LogP contribution in [0.3, 0.4) is 0 Å². The maximum atomic E-state index is 14.8. The van der Waals surface area contributed by atoms with Crippen molar-refractivity contribution in [2.75, 3.05) is 19.0 Å². The van der Waals surface area contributed by atoms with Gasteiger partial charge in [-0.25, -0.2) is 23.9 Å². The first kappa shape index (κ1) is 22.1. The summed E-state index contributed by atoms with van der Waals surface area (Å²) in [5.41, 5.74) is -1.97. The zero-order chi connectivity index (χ0) is 23.4. The molecule has 1 saturated heterocycles. The highest BCUT2D eigenvalue weighted by Gasteiger charge is 2.45. The quantitative estimate of drug-likeness (QED) is 0.680. The average molecular weight is 481 g/mol. The molecular formula is C19H18ClFN6O4S. The molecule has 1 fully saturated rings. The van der Waals surface area contributed by atoms with E-state index in [1.807, 2.05) is 0 Å². The third-order valence-electron chi connectivity index (χ3n) is 5.32. The van der Waals surface area contributed by atoms with Crippen molar-refractivity contribution in [3.63, 3.8) is 0 Å². The SMILES string of the molecule is CN1C(=O)N(c2cc(C3=NOC(C)(C(=O)n4ccnc4)C3)c(Cl)cc2F)C(=O)N(C)C1S. The number of urea groups is 2. The standard InChI is InChI=1S/C19H18ClFN6O4S/c1-19(15(28)26-5-4-22-9-26)8-13(23-31-19)10-6-14(12(21)7-11(10)20)27-16(29)24(2)18(32)25(3)17(27)30/h4-7,9,18,32H,8H2,1-3H3. The number of hydrogen-bond acceptors (Lipinski definition) is 7. The summed E-state index contributed by atoms with van der Waals surface area (Å²) >= 11 is 10.5. The zero-order valence-electron chi connectivity index (χ0n) is 17.2. The fourth-order valence-corrected chi connectivity index (χ4v) is 3.90. The van der Waals surface area contributed by atoms with Crippen molar-refractivity contribution in [2.45, 2.75) is 24.4 Å². The lowest BCUT2D eigenvalue weighted by atomic mass is 9.94. The Hall–Kier alpha value is -3.12. The number of amides is 4. The summed E-state index contributed by atoms with van der Waals surface area (Å²) in [6.45, 7) is 1.55. The van der Waals surface area contributed by atoms with Gasteiger partial charge in [-0.1, -0.05) is 16.8 Å². The zero-order valence-corrected chi connectivity index (χ0v) is 18.8. The van der Waals surface area contributed by atoms with Gasteiger partial charge in [0, 0.05) is 38.5 Å². The van der Waals surface area contributed by atoms with Gasteiger partial charge in [0.05, 0.1) is 16.4 Å². The lowest BCUT2D eigenvalue weighted by molar-refractivity contribution is -0.00129. The number of benzene rings is 1. The minimum atomic E-state index is -1.34. The van der Waals surface area contributed by atoms with E-state index in [4.69, 9.17) is 16.4 Å². The van der Waals surface area contributed by atoms with Gasteiger partial charge in [-0.05, 0) is 19.1 Å². The third kappa shape index (κ3) is 3.39. The van der Waals surface area contributed by atoms with E-state index in [-0.39, 0.29) is 28.4 Å². The molecule has 10 nitrogen and oxygen atoms in total. The van der Waals surface area contributed by atoms with Gasteiger partial charge < -0.3 is 4.84 Å². The average Bonchev–Trinajstić information content (AvgIpc) is 3.43. The minimum absolute atomic E-state index is 0.0152. The normalized spacial score (nSPS) is 21.8. The van der Waals surface area contributed by atoms with E-state index in [2.05, 4.69) is 22.8 Å². The lowest BCUT2D eigenvalue weighted by Crippen LogP contribution is -2.62. The van der Waals surface area contributed by atoms with E-state index in [0.29, 0.717) is 4.90 Å². The monoisotopic (exact) mass is 480 g/mol. The largest absolute Gasteiger partial charge is 0.379 e. The summed E-state index contributed by atoms with van der Waals surface area (Å²) in [7, 11) is 2.87. The second-order valence-corrected chi connectivity index (χ2v) is 8.43. The Labute approximate surface area is 192 Å². The molecule has 0 N–H and O–H groups in total. The Balaban J connectivity index is 1.69.